The summed E-state index contributed by atoms with van der Waals surface area (Å²) in [5.74, 6) is -1.03. The highest BCUT2D eigenvalue weighted by molar-refractivity contribution is 7.14. The Balaban J connectivity index is 1.99. The lowest BCUT2D eigenvalue weighted by atomic mass is 10.3. The second-order valence-electron chi connectivity index (χ2n) is 3.34. The smallest absolute Gasteiger partial charge is 0.338 e. The molecule has 1 saturated carbocycles. The predicted molar refractivity (Wildman–Crippen MR) is 56.5 cm³/mol. The molecule has 1 heterocycles. The molecule has 1 aromatic heterocycles. The third kappa shape index (κ3) is 2.47. The average molecular weight is 226 g/mol. The summed E-state index contributed by atoms with van der Waals surface area (Å²) in [5, 5.41) is 16.1. The van der Waals surface area contributed by atoms with E-state index in [1.807, 2.05) is 0 Å². The molecule has 3 N–H and O–H groups in total. The summed E-state index contributed by atoms with van der Waals surface area (Å²) >= 11 is 1.20. The molecule has 1 fully saturated rings. The molecule has 1 aromatic rings. The van der Waals surface area contributed by atoms with Crippen LogP contribution in [0.25, 0.3) is 0 Å². The van der Waals surface area contributed by atoms with E-state index in [9.17, 15) is 9.59 Å². The zero-order valence-corrected chi connectivity index (χ0v) is 8.63. The van der Waals surface area contributed by atoms with E-state index in [-0.39, 0.29) is 17.6 Å². The topological polar surface area (TPSA) is 78.4 Å². The van der Waals surface area contributed by atoms with Crippen molar-refractivity contribution in [2.24, 2.45) is 0 Å². The van der Waals surface area contributed by atoms with Crippen molar-refractivity contribution in [1.29, 1.82) is 0 Å². The van der Waals surface area contributed by atoms with Gasteiger partial charge in [0.25, 0.3) is 0 Å². The lowest BCUT2D eigenvalue weighted by Gasteiger charge is -2.04. The number of nitrogens with one attached hydrogen (secondary N) is 2. The van der Waals surface area contributed by atoms with Crippen LogP contribution in [0.3, 0.4) is 0 Å². The van der Waals surface area contributed by atoms with Crippen molar-refractivity contribution in [3.8, 4) is 0 Å². The number of urea groups is 1. The van der Waals surface area contributed by atoms with Crippen LogP contribution in [-0.2, 0) is 0 Å². The first-order valence-corrected chi connectivity index (χ1v) is 5.43. The molecule has 1 aliphatic rings. The third-order valence-corrected chi connectivity index (χ3v) is 2.87. The fourth-order valence-corrected chi connectivity index (χ4v) is 1.90. The number of hydrogen-bond acceptors (Lipinski definition) is 3. The third-order valence-electron chi connectivity index (χ3n) is 2.04. The van der Waals surface area contributed by atoms with E-state index in [1.165, 1.54) is 17.4 Å². The van der Waals surface area contributed by atoms with Gasteiger partial charge in [-0.25, -0.2) is 9.59 Å². The minimum absolute atomic E-state index is 0.131. The number of carbonyl (C=O) groups excluding carboxylic acids is 1. The van der Waals surface area contributed by atoms with Crippen molar-refractivity contribution in [3.63, 3.8) is 0 Å². The van der Waals surface area contributed by atoms with Crippen molar-refractivity contribution < 1.29 is 14.7 Å². The highest BCUT2D eigenvalue weighted by Crippen LogP contribution is 2.24. The molecule has 1 aliphatic carbocycles. The van der Waals surface area contributed by atoms with Gasteiger partial charge in [-0.05, 0) is 24.3 Å². The van der Waals surface area contributed by atoms with Gasteiger partial charge < -0.3 is 10.4 Å². The lowest BCUT2D eigenvalue weighted by molar-refractivity contribution is 0.0698. The average Bonchev–Trinajstić information content (AvgIpc) is 2.82. The second kappa shape index (κ2) is 3.90. The summed E-state index contributed by atoms with van der Waals surface area (Å²) in [7, 11) is 0. The monoisotopic (exact) mass is 226 g/mol. The molecule has 0 unspecified atom stereocenters. The maximum absolute atomic E-state index is 11.3. The van der Waals surface area contributed by atoms with E-state index in [1.54, 1.807) is 5.38 Å². The molecule has 2 rings (SSSR count). The van der Waals surface area contributed by atoms with Crippen LogP contribution < -0.4 is 10.6 Å². The molecule has 0 spiro atoms. The summed E-state index contributed by atoms with van der Waals surface area (Å²) < 4.78 is 0. The molecule has 0 bridgehead atoms. The zero-order chi connectivity index (χ0) is 10.8. The first-order valence-electron chi connectivity index (χ1n) is 4.55. The molecular formula is C9H10N2O3S. The molecular weight excluding hydrogens is 216 g/mol. The van der Waals surface area contributed by atoms with Crippen LogP contribution in [0, 0.1) is 0 Å². The number of aromatic carboxylic acids is 1. The Morgan fingerprint density at radius 3 is 2.80 bits per heavy atom. The Labute approximate surface area is 90.1 Å². The minimum atomic E-state index is -1.03. The maximum Gasteiger partial charge on any atom is 0.338 e. The van der Waals surface area contributed by atoms with Gasteiger partial charge in [0.05, 0.1) is 5.56 Å². The van der Waals surface area contributed by atoms with Gasteiger partial charge in [0.15, 0.2) is 0 Å². The first kappa shape index (κ1) is 9.97. The summed E-state index contributed by atoms with van der Waals surface area (Å²) in [5.41, 5.74) is 0.131. The predicted octanol–water partition coefficient (Wildman–Crippen LogP) is 1.73. The fourth-order valence-electron chi connectivity index (χ4n) is 1.13. The van der Waals surface area contributed by atoms with Crippen LogP contribution in [0.4, 0.5) is 9.80 Å². The first-order chi connectivity index (χ1) is 7.16. The van der Waals surface area contributed by atoms with E-state index in [0.717, 1.165) is 12.8 Å². The number of hydrogen-bond donors (Lipinski definition) is 3. The highest BCUT2D eigenvalue weighted by Gasteiger charge is 2.24. The van der Waals surface area contributed by atoms with Crippen molar-refractivity contribution in [1.82, 2.24) is 5.32 Å². The SMILES string of the molecule is O=C(Nc1sccc1C(=O)O)NC1CC1. The van der Waals surface area contributed by atoms with Gasteiger partial charge in [0.1, 0.15) is 5.00 Å². The normalized spacial score (nSPS) is 14.7. The number of amides is 2. The number of carboxylic acids is 1. The molecule has 0 aromatic carbocycles. The van der Waals surface area contributed by atoms with Crippen LogP contribution in [0.2, 0.25) is 0 Å². The maximum atomic E-state index is 11.3. The van der Waals surface area contributed by atoms with E-state index in [4.69, 9.17) is 5.11 Å². The minimum Gasteiger partial charge on any atom is -0.478 e. The molecule has 0 atom stereocenters. The van der Waals surface area contributed by atoms with Gasteiger partial charge >= 0.3 is 12.0 Å². The Kier molecular flexibility index (Phi) is 2.59. The standard InChI is InChI=1S/C9H10N2O3S/c12-8(13)6-3-4-15-7(6)11-9(14)10-5-1-2-5/h3-5H,1-2H2,(H,12,13)(H2,10,11,14). The summed E-state index contributed by atoms with van der Waals surface area (Å²) in [6.07, 6.45) is 2.01. The molecule has 15 heavy (non-hydrogen) atoms. The number of thiophene rings is 1. The zero-order valence-electron chi connectivity index (χ0n) is 7.82. The second-order valence-corrected chi connectivity index (χ2v) is 4.26. The summed E-state index contributed by atoms with van der Waals surface area (Å²) in [6.45, 7) is 0. The molecule has 6 heteroatoms. The van der Waals surface area contributed by atoms with Crippen LogP contribution in [-0.4, -0.2) is 23.1 Å². The Morgan fingerprint density at radius 1 is 1.47 bits per heavy atom. The molecule has 2 amide bonds. The number of carbonyl (C=O) groups is 2. The van der Waals surface area contributed by atoms with Crippen LogP contribution in [0.15, 0.2) is 11.4 Å². The summed E-state index contributed by atoms with van der Waals surface area (Å²) in [6, 6.07) is 1.40. The molecule has 80 valence electrons. The van der Waals surface area contributed by atoms with Crippen molar-refractivity contribution in [2.75, 3.05) is 5.32 Å². The molecule has 0 radical (unpaired) electrons. The fraction of sp³-hybridized carbons (Fsp3) is 0.333. The number of rotatable bonds is 3. The molecule has 0 aliphatic heterocycles. The van der Waals surface area contributed by atoms with Gasteiger partial charge in [-0.1, -0.05) is 0 Å². The summed E-state index contributed by atoms with van der Waals surface area (Å²) in [4.78, 5) is 22.1. The van der Waals surface area contributed by atoms with Gasteiger partial charge in [-0.3, -0.25) is 5.32 Å². The lowest BCUT2D eigenvalue weighted by Crippen LogP contribution is -2.30. The van der Waals surface area contributed by atoms with Gasteiger partial charge in [-0.15, -0.1) is 11.3 Å². The molecule has 0 saturated heterocycles. The molecule has 5 nitrogen and oxygen atoms in total. The van der Waals surface area contributed by atoms with E-state index in [0.29, 0.717) is 5.00 Å². The van der Waals surface area contributed by atoms with E-state index < -0.39 is 5.97 Å². The van der Waals surface area contributed by atoms with Gasteiger partial charge in [0.2, 0.25) is 0 Å². The van der Waals surface area contributed by atoms with Crippen molar-refractivity contribution in [2.45, 2.75) is 18.9 Å². The Hall–Kier alpha value is -1.56. The van der Waals surface area contributed by atoms with Crippen LogP contribution >= 0.6 is 11.3 Å². The van der Waals surface area contributed by atoms with E-state index in [2.05, 4.69) is 10.6 Å². The van der Waals surface area contributed by atoms with E-state index >= 15 is 0 Å². The number of anilines is 1. The number of carboxylic acid groups (broad SMARTS) is 1. The van der Waals surface area contributed by atoms with Crippen LogP contribution in [0.5, 0.6) is 0 Å². The quantitative estimate of drug-likeness (QED) is 0.734. The van der Waals surface area contributed by atoms with Crippen molar-refractivity contribution >= 4 is 28.3 Å². The largest absolute Gasteiger partial charge is 0.478 e. The van der Waals surface area contributed by atoms with Gasteiger partial charge in [-0.2, -0.15) is 0 Å². The Bertz CT molecular complexity index is 398. The van der Waals surface area contributed by atoms with Crippen LogP contribution in [0.1, 0.15) is 23.2 Å². The van der Waals surface area contributed by atoms with Gasteiger partial charge in [0, 0.05) is 6.04 Å². The van der Waals surface area contributed by atoms with Crippen molar-refractivity contribution in [3.05, 3.63) is 17.0 Å². The highest BCUT2D eigenvalue weighted by atomic mass is 32.1. The Morgan fingerprint density at radius 2 is 2.20 bits per heavy atom.